The van der Waals surface area contributed by atoms with E-state index < -0.39 is 0 Å². The number of nitrogens with one attached hydrogen (secondary N) is 2. The molecule has 1 atom stereocenters. The van der Waals surface area contributed by atoms with Crippen LogP contribution in [-0.2, 0) is 4.79 Å². The molecule has 3 rings (SSSR count). The van der Waals surface area contributed by atoms with Crippen molar-refractivity contribution >= 4 is 29.3 Å². The molecule has 1 aromatic carbocycles. The van der Waals surface area contributed by atoms with Gasteiger partial charge in [-0.3, -0.25) is 9.89 Å². The van der Waals surface area contributed by atoms with E-state index in [2.05, 4.69) is 20.5 Å². The molecule has 134 valence electrons. The highest BCUT2D eigenvalue weighted by Crippen LogP contribution is 2.25. The molecule has 0 bridgehead atoms. The second-order valence-electron chi connectivity index (χ2n) is 6.48. The third-order valence-electron chi connectivity index (χ3n) is 4.52. The molecule has 0 aliphatic heterocycles. The molecule has 0 radical (unpaired) electrons. The van der Waals surface area contributed by atoms with E-state index in [9.17, 15) is 4.79 Å². The van der Waals surface area contributed by atoms with Crippen LogP contribution in [0.2, 0.25) is 5.02 Å². The summed E-state index contributed by atoms with van der Waals surface area (Å²) in [6.07, 6.45) is 6.36. The summed E-state index contributed by atoms with van der Waals surface area (Å²) in [4.78, 5) is 16.7. The normalized spacial score (nSPS) is 16.6. The van der Waals surface area contributed by atoms with Crippen molar-refractivity contribution in [3.8, 4) is 11.4 Å². The molecule has 1 aromatic heterocycles. The third kappa shape index (κ3) is 5.22. The summed E-state index contributed by atoms with van der Waals surface area (Å²) in [5, 5.41) is 11.2. The Labute approximate surface area is 157 Å². The van der Waals surface area contributed by atoms with Gasteiger partial charge in [0.25, 0.3) is 0 Å². The lowest BCUT2D eigenvalue weighted by atomic mass is 9.89. The first kappa shape index (κ1) is 18.3. The number of halogens is 1. The number of carbonyl (C=O) groups excluding carboxylic acids is 1. The topological polar surface area (TPSA) is 70.7 Å². The number of thioether (sulfide) groups is 1. The number of benzene rings is 1. The van der Waals surface area contributed by atoms with Crippen molar-refractivity contribution in [3.63, 3.8) is 0 Å². The Hall–Kier alpha value is -1.53. The zero-order valence-electron chi connectivity index (χ0n) is 14.3. The van der Waals surface area contributed by atoms with Gasteiger partial charge in [0.2, 0.25) is 11.1 Å². The predicted molar refractivity (Wildman–Crippen MR) is 102 cm³/mol. The summed E-state index contributed by atoms with van der Waals surface area (Å²) in [5.74, 6) is 1.36. The van der Waals surface area contributed by atoms with Gasteiger partial charge in [0.15, 0.2) is 5.82 Å². The predicted octanol–water partition coefficient (Wildman–Crippen LogP) is 4.30. The van der Waals surface area contributed by atoms with E-state index in [0.717, 1.165) is 12.1 Å². The number of hydrogen-bond donors (Lipinski definition) is 2. The summed E-state index contributed by atoms with van der Waals surface area (Å²) in [6.45, 7) is 2.67. The Morgan fingerprint density at radius 3 is 2.76 bits per heavy atom. The van der Waals surface area contributed by atoms with Crippen LogP contribution >= 0.6 is 23.4 Å². The minimum absolute atomic E-state index is 0.0495. The lowest BCUT2D eigenvalue weighted by Crippen LogP contribution is -2.35. The summed E-state index contributed by atoms with van der Waals surface area (Å²) < 4.78 is 0. The van der Waals surface area contributed by atoms with Gasteiger partial charge in [-0.2, -0.15) is 0 Å². The molecule has 1 fully saturated rings. The second-order valence-corrected chi connectivity index (χ2v) is 8.23. The summed E-state index contributed by atoms with van der Waals surface area (Å²) in [7, 11) is 0. The number of H-pyrrole nitrogens is 1. The monoisotopic (exact) mass is 378 g/mol. The molecule has 1 amide bonds. The van der Waals surface area contributed by atoms with E-state index in [-0.39, 0.29) is 11.2 Å². The maximum absolute atomic E-state index is 12.3. The first-order valence-electron chi connectivity index (χ1n) is 8.74. The molecule has 1 saturated carbocycles. The van der Waals surface area contributed by atoms with Gasteiger partial charge in [0, 0.05) is 17.1 Å². The van der Waals surface area contributed by atoms with Crippen molar-refractivity contribution in [2.24, 2.45) is 5.92 Å². The van der Waals surface area contributed by atoms with E-state index in [4.69, 9.17) is 11.6 Å². The van der Waals surface area contributed by atoms with E-state index in [1.165, 1.54) is 43.9 Å². The fraction of sp³-hybridized carbons (Fsp3) is 0.500. The van der Waals surface area contributed by atoms with Crippen molar-refractivity contribution in [2.45, 2.75) is 49.4 Å². The van der Waals surface area contributed by atoms with Crippen molar-refractivity contribution in [1.82, 2.24) is 20.5 Å². The van der Waals surface area contributed by atoms with Gasteiger partial charge in [-0.15, -0.1) is 5.10 Å². The number of aromatic amines is 1. The highest BCUT2D eigenvalue weighted by Gasteiger charge is 2.19. The van der Waals surface area contributed by atoms with Gasteiger partial charge in [-0.05, 0) is 49.9 Å². The molecule has 0 saturated heterocycles. The molecule has 1 unspecified atom stereocenters. The lowest BCUT2D eigenvalue weighted by molar-refractivity contribution is -0.120. The first-order valence-corrected chi connectivity index (χ1v) is 10.0. The Bertz CT molecular complexity index is 697. The van der Waals surface area contributed by atoms with Gasteiger partial charge in [-0.1, -0.05) is 42.6 Å². The third-order valence-corrected chi connectivity index (χ3v) is 5.74. The minimum atomic E-state index is -0.225. The van der Waals surface area contributed by atoms with Crippen LogP contribution in [0.15, 0.2) is 29.4 Å². The summed E-state index contributed by atoms with van der Waals surface area (Å²) >= 11 is 7.26. The fourth-order valence-electron chi connectivity index (χ4n) is 3.03. The Kier molecular flexibility index (Phi) is 6.37. The lowest BCUT2D eigenvalue weighted by Gasteiger charge is -2.22. The molecule has 1 aliphatic carbocycles. The zero-order valence-corrected chi connectivity index (χ0v) is 15.9. The molecule has 2 N–H and O–H groups in total. The fourth-order valence-corrected chi connectivity index (χ4v) is 3.90. The van der Waals surface area contributed by atoms with E-state index >= 15 is 0 Å². The van der Waals surface area contributed by atoms with E-state index in [1.54, 1.807) is 0 Å². The molecule has 1 heterocycles. The van der Waals surface area contributed by atoms with Crippen molar-refractivity contribution in [1.29, 1.82) is 0 Å². The van der Waals surface area contributed by atoms with Gasteiger partial charge in [-0.25, -0.2) is 4.98 Å². The molecule has 1 aliphatic rings. The molecular weight excluding hydrogens is 356 g/mol. The van der Waals surface area contributed by atoms with Gasteiger partial charge in [0.1, 0.15) is 0 Å². The second kappa shape index (κ2) is 8.72. The number of aromatic nitrogens is 3. The minimum Gasteiger partial charge on any atom is -0.355 e. The average Bonchev–Trinajstić information content (AvgIpc) is 3.09. The van der Waals surface area contributed by atoms with Gasteiger partial charge in [0.05, 0.1) is 5.25 Å². The van der Waals surface area contributed by atoms with Crippen LogP contribution < -0.4 is 5.32 Å². The SMILES string of the molecule is CC(Sc1n[nH]c(-c2ccc(Cl)cc2)n1)C(=O)NCC1CCCCC1. The van der Waals surface area contributed by atoms with Crippen molar-refractivity contribution in [2.75, 3.05) is 6.54 Å². The Balaban J connectivity index is 1.51. The number of carbonyl (C=O) groups is 1. The quantitative estimate of drug-likeness (QED) is 0.735. The van der Waals surface area contributed by atoms with Crippen LogP contribution in [0.5, 0.6) is 0 Å². The molecule has 25 heavy (non-hydrogen) atoms. The Morgan fingerprint density at radius 1 is 1.32 bits per heavy atom. The highest BCUT2D eigenvalue weighted by molar-refractivity contribution is 8.00. The van der Waals surface area contributed by atoms with E-state index in [0.29, 0.717) is 21.9 Å². The van der Waals surface area contributed by atoms with Crippen LogP contribution in [0.4, 0.5) is 0 Å². The maximum atomic E-state index is 12.3. The van der Waals surface area contributed by atoms with Crippen molar-refractivity contribution < 1.29 is 4.79 Å². The number of nitrogens with zero attached hydrogens (tertiary/aromatic N) is 2. The molecule has 7 heteroatoms. The molecule has 0 spiro atoms. The number of amides is 1. The van der Waals surface area contributed by atoms with Crippen LogP contribution in [0.3, 0.4) is 0 Å². The maximum Gasteiger partial charge on any atom is 0.233 e. The van der Waals surface area contributed by atoms with Crippen LogP contribution in [-0.4, -0.2) is 32.9 Å². The summed E-state index contributed by atoms with van der Waals surface area (Å²) in [6, 6.07) is 7.40. The van der Waals surface area contributed by atoms with Gasteiger partial charge >= 0.3 is 0 Å². The summed E-state index contributed by atoms with van der Waals surface area (Å²) in [5.41, 5.74) is 0.915. The molecule has 5 nitrogen and oxygen atoms in total. The van der Waals surface area contributed by atoms with E-state index in [1.807, 2.05) is 31.2 Å². The van der Waals surface area contributed by atoms with Crippen LogP contribution in [0.25, 0.3) is 11.4 Å². The molecule has 2 aromatic rings. The largest absolute Gasteiger partial charge is 0.355 e. The first-order chi connectivity index (χ1) is 12.1. The van der Waals surface area contributed by atoms with Crippen LogP contribution in [0.1, 0.15) is 39.0 Å². The van der Waals surface area contributed by atoms with Gasteiger partial charge < -0.3 is 5.32 Å². The Morgan fingerprint density at radius 2 is 2.04 bits per heavy atom. The standard InChI is InChI=1S/C18H23ClN4OS/c1-12(17(24)20-11-13-5-3-2-4-6-13)25-18-21-16(22-23-18)14-7-9-15(19)10-8-14/h7-10,12-13H,2-6,11H2,1H3,(H,20,24)(H,21,22,23). The van der Waals surface area contributed by atoms with Crippen LogP contribution in [0, 0.1) is 5.92 Å². The molecular formula is C18H23ClN4OS. The smallest absolute Gasteiger partial charge is 0.233 e. The zero-order chi connectivity index (χ0) is 17.6. The van der Waals surface area contributed by atoms with Crippen molar-refractivity contribution in [3.05, 3.63) is 29.3 Å². The number of hydrogen-bond acceptors (Lipinski definition) is 4. The highest BCUT2D eigenvalue weighted by atomic mass is 35.5. The number of rotatable bonds is 6. The average molecular weight is 379 g/mol.